The van der Waals surface area contributed by atoms with Gasteiger partial charge < -0.3 is 14.4 Å². The summed E-state index contributed by atoms with van der Waals surface area (Å²) in [5.41, 5.74) is 0.590. The molecule has 1 heterocycles. The average Bonchev–Trinajstić information content (AvgIpc) is 2.61. The van der Waals surface area contributed by atoms with Crippen molar-refractivity contribution in [3.63, 3.8) is 0 Å². The number of methoxy groups -OCH3 is 1. The van der Waals surface area contributed by atoms with Crippen molar-refractivity contribution in [3.05, 3.63) is 29.8 Å². The summed E-state index contributed by atoms with van der Waals surface area (Å²) in [5, 5.41) is -0.328. The topological polar surface area (TPSA) is 72.9 Å². The third kappa shape index (κ3) is 5.71. The van der Waals surface area contributed by atoms with Crippen LogP contribution in [-0.4, -0.2) is 63.6 Å². The summed E-state index contributed by atoms with van der Waals surface area (Å²) >= 11 is 0. The van der Waals surface area contributed by atoms with Crippen molar-refractivity contribution in [1.82, 2.24) is 4.90 Å². The van der Waals surface area contributed by atoms with Crippen molar-refractivity contribution in [2.75, 3.05) is 39.2 Å². The molecule has 26 heavy (non-hydrogen) atoms. The maximum Gasteiger partial charge on any atom is 0.253 e. The van der Waals surface area contributed by atoms with Crippen LogP contribution in [-0.2, 0) is 14.6 Å². The van der Waals surface area contributed by atoms with E-state index >= 15 is 0 Å². The Morgan fingerprint density at radius 1 is 1.15 bits per heavy atom. The minimum atomic E-state index is -3.08. The number of hydrogen-bond donors (Lipinski definition) is 0. The molecule has 0 radical (unpaired) electrons. The lowest BCUT2D eigenvalue weighted by atomic mass is 10.1. The molecule has 0 saturated carbocycles. The summed E-state index contributed by atoms with van der Waals surface area (Å²) in [5.74, 6) is 0.977. The van der Waals surface area contributed by atoms with Crippen LogP contribution < -0.4 is 4.74 Å². The van der Waals surface area contributed by atoms with Crippen molar-refractivity contribution >= 4 is 15.7 Å². The van der Waals surface area contributed by atoms with E-state index in [1.807, 2.05) is 13.8 Å². The SMILES string of the molecule is COCCOc1ccc(C(=O)N2CCC(S(=O)(=O)CC(C)C)CC2)cc1. The fourth-order valence-corrected chi connectivity index (χ4v) is 5.27. The summed E-state index contributed by atoms with van der Waals surface area (Å²) in [7, 11) is -1.46. The van der Waals surface area contributed by atoms with Gasteiger partial charge in [0.05, 0.1) is 17.6 Å². The highest BCUT2D eigenvalue weighted by molar-refractivity contribution is 7.92. The van der Waals surface area contributed by atoms with Crippen LogP contribution >= 0.6 is 0 Å². The molecule has 0 unspecified atom stereocenters. The van der Waals surface area contributed by atoms with Crippen molar-refractivity contribution in [3.8, 4) is 5.75 Å². The molecule has 1 amide bonds. The predicted octanol–water partition coefficient (Wildman–Crippen LogP) is 2.39. The minimum Gasteiger partial charge on any atom is -0.491 e. The van der Waals surface area contributed by atoms with Crippen molar-refractivity contribution in [1.29, 1.82) is 0 Å². The van der Waals surface area contributed by atoms with E-state index in [2.05, 4.69) is 0 Å². The Kier molecular flexibility index (Phi) is 7.46. The normalized spacial score (nSPS) is 16.1. The van der Waals surface area contributed by atoms with Gasteiger partial charge in [0.1, 0.15) is 12.4 Å². The molecule has 1 aromatic rings. The number of amides is 1. The van der Waals surface area contributed by atoms with Crippen LogP contribution in [0.15, 0.2) is 24.3 Å². The standard InChI is InChI=1S/C19H29NO5S/c1-15(2)14-26(22,23)18-8-10-20(11-9-18)19(21)16-4-6-17(7-5-16)25-13-12-24-3/h4-7,15,18H,8-14H2,1-3H3. The summed E-state index contributed by atoms with van der Waals surface area (Å²) in [6.07, 6.45) is 1.03. The van der Waals surface area contributed by atoms with Gasteiger partial charge >= 0.3 is 0 Å². The van der Waals surface area contributed by atoms with Gasteiger partial charge in [0, 0.05) is 25.8 Å². The number of likely N-dealkylation sites (tertiary alicyclic amines) is 1. The molecule has 0 spiro atoms. The second-order valence-electron chi connectivity index (χ2n) is 7.08. The minimum absolute atomic E-state index is 0.0619. The van der Waals surface area contributed by atoms with Crippen molar-refractivity contribution in [2.45, 2.75) is 31.9 Å². The monoisotopic (exact) mass is 383 g/mol. The van der Waals surface area contributed by atoms with E-state index in [1.54, 1.807) is 36.3 Å². The van der Waals surface area contributed by atoms with Gasteiger partial charge in [-0.3, -0.25) is 4.79 Å². The second-order valence-corrected chi connectivity index (χ2v) is 9.41. The number of sulfone groups is 1. The Bertz CT molecular complexity index is 676. The zero-order valence-electron chi connectivity index (χ0n) is 15.8. The molecule has 0 atom stereocenters. The van der Waals surface area contributed by atoms with Crippen molar-refractivity contribution < 1.29 is 22.7 Å². The zero-order valence-corrected chi connectivity index (χ0v) is 16.6. The van der Waals surface area contributed by atoms with Crippen LogP contribution in [0.4, 0.5) is 0 Å². The molecule has 2 rings (SSSR count). The molecule has 6 nitrogen and oxygen atoms in total. The molecule has 1 aromatic carbocycles. The predicted molar refractivity (Wildman–Crippen MR) is 101 cm³/mol. The molecular formula is C19H29NO5S. The summed E-state index contributed by atoms with van der Waals surface area (Å²) in [4.78, 5) is 14.4. The van der Waals surface area contributed by atoms with Crippen LogP contribution in [0.5, 0.6) is 5.75 Å². The molecule has 1 aliphatic rings. The first-order valence-electron chi connectivity index (χ1n) is 9.06. The molecule has 146 valence electrons. The van der Waals surface area contributed by atoms with Crippen LogP contribution in [0, 0.1) is 5.92 Å². The van der Waals surface area contributed by atoms with Gasteiger partial charge in [0.15, 0.2) is 9.84 Å². The number of rotatable bonds is 8. The summed E-state index contributed by atoms with van der Waals surface area (Å²) in [6, 6.07) is 7.02. The first-order valence-corrected chi connectivity index (χ1v) is 10.8. The highest BCUT2D eigenvalue weighted by Gasteiger charge is 2.32. The Balaban J connectivity index is 1.90. The van der Waals surface area contributed by atoms with Gasteiger partial charge in [-0.05, 0) is 43.0 Å². The maximum absolute atomic E-state index is 12.6. The van der Waals surface area contributed by atoms with Gasteiger partial charge in [0.2, 0.25) is 0 Å². The first kappa shape index (κ1) is 20.7. The molecule has 7 heteroatoms. The largest absolute Gasteiger partial charge is 0.491 e. The molecular weight excluding hydrogens is 354 g/mol. The highest BCUT2D eigenvalue weighted by Crippen LogP contribution is 2.22. The molecule has 0 N–H and O–H groups in total. The fraction of sp³-hybridized carbons (Fsp3) is 0.632. The number of ether oxygens (including phenoxy) is 2. The quantitative estimate of drug-likeness (QED) is 0.645. The average molecular weight is 384 g/mol. The fourth-order valence-electron chi connectivity index (χ4n) is 3.14. The Morgan fingerprint density at radius 2 is 1.77 bits per heavy atom. The van der Waals surface area contributed by atoms with Gasteiger partial charge in [-0.1, -0.05) is 13.8 Å². The Hall–Kier alpha value is -1.60. The van der Waals surface area contributed by atoms with E-state index in [0.29, 0.717) is 50.5 Å². The molecule has 1 aliphatic heterocycles. The number of hydrogen-bond acceptors (Lipinski definition) is 5. The van der Waals surface area contributed by atoms with E-state index in [-0.39, 0.29) is 22.8 Å². The summed E-state index contributed by atoms with van der Waals surface area (Å²) in [6.45, 7) is 5.76. The second kappa shape index (κ2) is 9.37. The van der Waals surface area contributed by atoms with Gasteiger partial charge in [-0.15, -0.1) is 0 Å². The molecule has 0 bridgehead atoms. The lowest BCUT2D eigenvalue weighted by Crippen LogP contribution is -2.43. The smallest absolute Gasteiger partial charge is 0.253 e. The highest BCUT2D eigenvalue weighted by atomic mass is 32.2. The van der Waals surface area contributed by atoms with Gasteiger partial charge in [-0.25, -0.2) is 8.42 Å². The van der Waals surface area contributed by atoms with Gasteiger partial charge in [-0.2, -0.15) is 0 Å². The Morgan fingerprint density at radius 3 is 2.31 bits per heavy atom. The molecule has 0 aromatic heterocycles. The van der Waals surface area contributed by atoms with E-state index in [4.69, 9.17) is 9.47 Å². The number of benzene rings is 1. The number of carbonyl (C=O) groups is 1. The van der Waals surface area contributed by atoms with Crippen LogP contribution in [0.1, 0.15) is 37.0 Å². The van der Waals surface area contributed by atoms with Crippen molar-refractivity contribution in [2.24, 2.45) is 5.92 Å². The lowest BCUT2D eigenvalue weighted by Gasteiger charge is -2.32. The molecule has 1 saturated heterocycles. The Labute approximate surface area is 156 Å². The number of nitrogens with zero attached hydrogens (tertiary/aromatic N) is 1. The zero-order chi connectivity index (χ0) is 19.2. The molecule has 1 fully saturated rings. The van der Waals surface area contributed by atoms with Crippen LogP contribution in [0.25, 0.3) is 0 Å². The van der Waals surface area contributed by atoms with Gasteiger partial charge in [0.25, 0.3) is 5.91 Å². The summed E-state index contributed by atoms with van der Waals surface area (Å²) < 4.78 is 35.1. The number of carbonyl (C=O) groups excluding carboxylic acids is 1. The van der Waals surface area contributed by atoms with E-state index in [9.17, 15) is 13.2 Å². The third-order valence-corrected chi connectivity index (χ3v) is 7.08. The molecule has 0 aliphatic carbocycles. The van der Waals surface area contributed by atoms with Crippen LogP contribution in [0.2, 0.25) is 0 Å². The maximum atomic E-state index is 12.6. The number of piperidine rings is 1. The van der Waals surface area contributed by atoms with E-state index in [1.165, 1.54) is 0 Å². The van der Waals surface area contributed by atoms with E-state index < -0.39 is 9.84 Å². The van der Waals surface area contributed by atoms with E-state index in [0.717, 1.165) is 0 Å². The first-order chi connectivity index (χ1) is 12.3. The van der Waals surface area contributed by atoms with Crippen LogP contribution in [0.3, 0.4) is 0 Å². The third-order valence-electron chi connectivity index (χ3n) is 4.46. The lowest BCUT2D eigenvalue weighted by molar-refractivity contribution is 0.0725.